The van der Waals surface area contributed by atoms with Crippen molar-refractivity contribution in [2.45, 2.75) is 62.9 Å². The normalized spacial score (nSPS) is 40.6. The molecule has 6 unspecified atom stereocenters. The van der Waals surface area contributed by atoms with Gasteiger partial charge >= 0.3 is 5.97 Å². The minimum Gasteiger partial charge on any atom is -0.481 e. The first kappa shape index (κ1) is 19.0. The van der Waals surface area contributed by atoms with Crippen molar-refractivity contribution in [3.63, 3.8) is 0 Å². The first-order valence-electron chi connectivity index (χ1n) is 10.2. The van der Waals surface area contributed by atoms with Gasteiger partial charge in [0.2, 0.25) is 5.91 Å². The van der Waals surface area contributed by atoms with E-state index in [1.54, 1.807) is 0 Å². The van der Waals surface area contributed by atoms with E-state index in [0.717, 1.165) is 39.0 Å². The fourth-order valence-corrected chi connectivity index (χ4v) is 4.84. The Kier molecular flexibility index (Phi) is 5.63. The lowest BCUT2D eigenvalue weighted by molar-refractivity contribution is -0.146. The standard InChI is InChI=1S/C18H30FN5O3/c19-13-7-12(18(26)27)15(8-11(13)10-1-2-10)21-17(25)14-3-4-16(23-22-14)24-6-5-20-9-24/h10-16,20,22-23H,1-9H2,(H,21,25)(H,26,27). The van der Waals surface area contributed by atoms with E-state index in [2.05, 4.69) is 26.4 Å². The van der Waals surface area contributed by atoms with E-state index in [1.807, 2.05) is 0 Å². The van der Waals surface area contributed by atoms with E-state index >= 15 is 0 Å². The van der Waals surface area contributed by atoms with Gasteiger partial charge in [0, 0.05) is 25.8 Å². The lowest BCUT2D eigenvalue weighted by atomic mass is 9.75. The van der Waals surface area contributed by atoms with Gasteiger partial charge in [-0.2, -0.15) is 0 Å². The van der Waals surface area contributed by atoms with Gasteiger partial charge in [-0.3, -0.25) is 14.5 Å². The quantitative estimate of drug-likeness (QED) is 0.447. The second kappa shape index (κ2) is 7.98. The second-order valence-corrected chi connectivity index (χ2v) is 8.45. The molecule has 5 N–H and O–H groups in total. The smallest absolute Gasteiger partial charge is 0.308 e. The fraction of sp³-hybridized carbons (Fsp3) is 0.889. The number of amides is 1. The van der Waals surface area contributed by atoms with Crippen molar-refractivity contribution in [3.8, 4) is 0 Å². The number of rotatable bonds is 5. The molecule has 0 aromatic carbocycles. The maximum Gasteiger partial charge on any atom is 0.308 e. The predicted molar refractivity (Wildman–Crippen MR) is 96.1 cm³/mol. The third kappa shape index (κ3) is 4.26. The van der Waals surface area contributed by atoms with Crippen LogP contribution in [0, 0.1) is 17.8 Å². The molecule has 0 aromatic rings. The lowest BCUT2D eigenvalue weighted by Gasteiger charge is -2.39. The molecule has 0 aromatic heterocycles. The van der Waals surface area contributed by atoms with Gasteiger partial charge in [0.05, 0.1) is 12.1 Å². The van der Waals surface area contributed by atoms with Crippen molar-refractivity contribution in [1.29, 1.82) is 0 Å². The first-order chi connectivity index (χ1) is 13.0. The Bertz CT molecular complexity index is 561. The number of nitrogens with zero attached hydrogens (tertiary/aromatic N) is 1. The number of hydrogen-bond acceptors (Lipinski definition) is 6. The third-order valence-corrected chi connectivity index (χ3v) is 6.63. The van der Waals surface area contributed by atoms with Crippen molar-refractivity contribution >= 4 is 11.9 Å². The van der Waals surface area contributed by atoms with Crippen LogP contribution in [0.1, 0.15) is 38.5 Å². The van der Waals surface area contributed by atoms with Crippen LogP contribution in [-0.2, 0) is 9.59 Å². The molecule has 2 aliphatic heterocycles. The number of halogens is 1. The van der Waals surface area contributed by atoms with Gasteiger partial charge in [0.1, 0.15) is 12.2 Å². The summed E-state index contributed by atoms with van der Waals surface area (Å²) in [4.78, 5) is 26.6. The first-order valence-corrected chi connectivity index (χ1v) is 10.2. The summed E-state index contributed by atoms with van der Waals surface area (Å²) < 4.78 is 14.4. The molecule has 2 aliphatic carbocycles. The molecule has 4 rings (SSSR count). The Balaban J connectivity index is 1.32. The minimum absolute atomic E-state index is 0.00181. The predicted octanol–water partition coefficient (Wildman–Crippen LogP) is -0.224. The van der Waals surface area contributed by atoms with Crippen molar-refractivity contribution < 1.29 is 19.1 Å². The van der Waals surface area contributed by atoms with Crippen LogP contribution in [0.25, 0.3) is 0 Å². The van der Waals surface area contributed by atoms with E-state index < -0.39 is 30.1 Å². The number of aliphatic carboxylic acids is 1. The van der Waals surface area contributed by atoms with Crippen LogP contribution in [-0.4, -0.2) is 66.1 Å². The Hall–Kier alpha value is -1.29. The monoisotopic (exact) mass is 383 g/mol. The highest BCUT2D eigenvalue weighted by atomic mass is 19.1. The van der Waals surface area contributed by atoms with Crippen molar-refractivity contribution in [3.05, 3.63) is 0 Å². The van der Waals surface area contributed by atoms with Crippen LogP contribution in [0.15, 0.2) is 0 Å². The van der Waals surface area contributed by atoms with Crippen LogP contribution < -0.4 is 21.5 Å². The molecule has 2 heterocycles. The SMILES string of the molecule is O=C(NC1CC(C2CC2)C(F)CC1C(=O)O)C1CCC(N2CCNC2)NN1. The van der Waals surface area contributed by atoms with Gasteiger partial charge in [-0.15, -0.1) is 0 Å². The molecule has 4 fully saturated rings. The van der Waals surface area contributed by atoms with Gasteiger partial charge in [0.25, 0.3) is 0 Å². The van der Waals surface area contributed by atoms with Crippen LogP contribution in [0.2, 0.25) is 0 Å². The molecule has 1 amide bonds. The number of carboxylic acids is 1. The van der Waals surface area contributed by atoms with Crippen LogP contribution >= 0.6 is 0 Å². The summed E-state index contributed by atoms with van der Waals surface area (Å²) in [6.45, 7) is 2.79. The largest absolute Gasteiger partial charge is 0.481 e. The zero-order valence-corrected chi connectivity index (χ0v) is 15.5. The summed E-state index contributed by atoms with van der Waals surface area (Å²) in [6.07, 6.45) is 3.11. The molecular formula is C18H30FN5O3. The zero-order chi connectivity index (χ0) is 19.0. The maximum atomic E-state index is 14.4. The molecule has 0 radical (unpaired) electrons. The van der Waals surface area contributed by atoms with E-state index in [0.29, 0.717) is 18.8 Å². The summed E-state index contributed by atoms with van der Waals surface area (Å²) in [5.74, 6) is -1.81. The molecule has 152 valence electrons. The summed E-state index contributed by atoms with van der Waals surface area (Å²) in [6, 6.07) is -0.886. The highest BCUT2D eigenvalue weighted by Gasteiger charge is 2.47. The van der Waals surface area contributed by atoms with Gasteiger partial charge in [-0.1, -0.05) is 0 Å². The number of alkyl halides is 1. The Labute approximate surface area is 158 Å². The zero-order valence-electron chi connectivity index (χ0n) is 15.5. The number of hydrazine groups is 1. The van der Waals surface area contributed by atoms with E-state index in [1.165, 1.54) is 0 Å². The Morgan fingerprint density at radius 1 is 1.11 bits per heavy atom. The summed E-state index contributed by atoms with van der Waals surface area (Å²) in [7, 11) is 0. The van der Waals surface area contributed by atoms with Gasteiger partial charge in [0.15, 0.2) is 0 Å². The topological polar surface area (TPSA) is 106 Å². The van der Waals surface area contributed by atoms with Crippen LogP contribution in [0.3, 0.4) is 0 Å². The molecule has 0 spiro atoms. The highest BCUT2D eigenvalue weighted by Crippen LogP contribution is 2.46. The Morgan fingerprint density at radius 2 is 1.93 bits per heavy atom. The lowest BCUT2D eigenvalue weighted by Crippen LogP contribution is -2.63. The molecular weight excluding hydrogens is 353 g/mol. The number of hydrogen-bond donors (Lipinski definition) is 5. The summed E-state index contributed by atoms with van der Waals surface area (Å²) in [5, 5.41) is 15.7. The summed E-state index contributed by atoms with van der Waals surface area (Å²) >= 11 is 0. The van der Waals surface area contributed by atoms with Crippen molar-refractivity contribution in [2.24, 2.45) is 17.8 Å². The van der Waals surface area contributed by atoms with E-state index in [4.69, 9.17) is 0 Å². The van der Waals surface area contributed by atoms with Gasteiger partial charge < -0.3 is 15.7 Å². The highest BCUT2D eigenvalue weighted by molar-refractivity contribution is 5.83. The second-order valence-electron chi connectivity index (χ2n) is 8.45. The molecule has 2 saturated heterocycles. The molecule has 0 bridgehead atoms. The fourth-order valence-electron chi connectivity index (χ4n) is 4.84. The number of carbonyl (C=O) groups is 2. The molecule has 9 heteroatoms. The van der Waals surface area contributed by atoms with Crippen molar-refractivity contribution in [1.82, 2.24) is 26.4 Å². The molecule has 6 atom stereocenters. The number of nitrogens with one attached hydrogen (secondary N) is 4. The van der Waals surface area contributed by atoms with Crippen LogP contribution in [0.5, 0.6) is 0 Å². The van der Waals surface area contributed by atoms with E-state index in [9.17, 15) is 19.1 Å². The summed E-state index contributed by atoms with van der Waals surface area (Å²) in [5.41, 5.74) is 6.29. The van der Waals surface area contributed by atoms with Gasteiger partial charge in [-0.25, -0.2) is 15.2 Å². The van der Waals surface area contributed by atoms with E-state index in [-0.39, 0.29) is 24.4 Å². The molecule has 27 heavy (non-hydrogen) atoms. The average molecular weight is 383 g/mol. The molecule has 8 nitrogen and oxygen atoms in total. The van der Waals surface area contributed by atoms with Gasteiger partial charge in [-0.05, 0) is 50.4 Å². The van der Waals surface area contributed by atoms with Crippen molar-refractivity contribution in [2.75, 3.05) is 19.8 Å². The third-order valence-electron chi connectivity index (χ3n) is 6.63. The average Bonchev–Trinajstić information content (AvgIpc) is 3.35. The maximum absolute atomic E-state index is 14.4. The molecule has 4 aliphatic rings. The number of carbonyl (C=O) groups excluding carboxylic acids is 1. The molecule has 2 saturated carbocycles. The number of carboxylic acid groups (broad SMARTS) is 1. The Morgan fingerprint density at radius 3 is 2.52 bits per heavy atom. The van der Waals surface area contributed by atoms with Crippen LogP contribution in [0.4, 0.5) is 4.39 Å². The minimum atomic E-state index is -1.07.